The Hall–Kier alpha value is -1.91. The first-order valence-electron chi connectivity index (χ1n) is 6.99. The zero-order valence-corrected chi connectivity index (χ0v) is 14.7. The van der Waals surface area contributed by atoms with Crippen molar-refractivity contribution >= 4 is 28.9 Å². The van der Waals surface area contributed by atoms with Crippen LogP contribution in [0.2, 0.25) is 10.0 Å². The predicted octanol–water partition coefficient (Wildman–Crippen LogP) is 4.52. The smallest absolute Gasteiger partial charge is 0.161 e. The molecule has 1 N–H and O–H groups in total. The zero-order chi connectivity index (χ0) is 16.8. The summed E-state index contributed by atoms with van der Waals surface area (Å²) in [4.78, 5) is 0. The zero-order valence-electron chi connectivity index (χ0n) is 13.2. The lowest BCUT2D eigenvalue weighted by atomic mass is 10.1. The van der Waals surface area contributed by atoms with Crippen molar-refractivity contribution in [2.45, 2.75) is 13.5 Å². The van der Waals surface area contributed by atoms with E-state index < -0.39 is 0 Å². The molecular weight excluding hydrogens is 335 g/mol. The molecule has 0 saturated heterocycles. The number of nitrogens with zero attached hydrogens (tertiary/aromatic N) is 1. The topological polar surface area (TPSA) is 42.8 Å². The van der Waals surface area contributed by atoms with Gasteiger partial charge in [0.25, 0.3) is 0 Å². The number of hydrogen-bond donors (Lipinski definition) is 1. The van der Waals surface area contributed by atoms with E-state index >= 15 is 0 Å². The molecule has 0 aliphatic rings. The number of halogens is 2. The molecule has 0 aliphatic carbocycles. The molecule has 0 radical (unpaired) electrons. The Kier molecular flexibility index (Phi) is 6.13. The minimum Gasteiger partial charge on any atom is -0.493 e. The summed E-state index contributed by atoms with van der Waals surface area (Å²) in [6, 6.07) is 11.1. The van der Waals surface area contributed by atoms with Gasteiger partial charge in [0.05, 0.1) is 26.5 Å². The quantitative estimate of drug-likeness (QED) is 0.613. The highest BCUT2D eigenvalue weighted by atomic mass is 35.5. The van der Waals surface area contributed by atoms with Crippen LogP contribution in [0.4, 0.5) is 0 Å². The number of hydrazone groups is 1. The summed E-state index contributed by atoms with van der Waals surface area (Å²) in [5, 5.41) is 5.59. The standard InChI is InChI=1S/C17H18Cl2N2O2/c1-11(12-7-8-16(22-2)17(9-12)23-3)21-20-10-13-14(18)5-4-6-15(13)19/h4-9,20H,10H2,1-3H3/b21-11+. The Labute approximate surface area is 146 Å². The van der Waals surface area contributed by atoms with E-state index in [0.717, 1.165) is 16.8 Å². The third-order valence-corrected chi connectivity index (χ3v) is 4.07. The van der Waals surface area contributed by atoms with Crippen molar-refractivity contribution in [2.75, 3.05) is 14.2 Å². The first-order valence-corrected chi connectivity index (χ1v) is 7.75. The summed E-state index contributed by atoms with van der Waals surface area (Å²) in [7, 11) is 3.21. The third-order valence-electron chi connectivity index (χ3n) is 3.37. The number of nitrogens with one attached hydrogen (secondary N) is 1. The normalized spacial score (nSPS) is 11.3. The van der Waals surface area contributed by atoms with Crippen LogP contribution >= 0.6 is 23.2 Å². The molecule has 0 spiro atoms. The summed E-state index contributed by atoms with van der Waals surface area (Å²) >= 11 is 12.3. The summed E-state index contributed by atoms with van der Waals surface area (Å²) in [5.74, 6) is 1.34. The van der Waals surface area contributed by atoms with Crippen LogP contribution in [0.5, 0.6) is 11.5 Å². The fraction of sp³-hybridized carbons (Fsp3) is 0.235. The largest absolute Gasteiger partial charge is 0.493 e. The van der Waals surface area contributed by atoms with E-state index in [1.807, 2.05) is 31.2 Å². The van der Waals surface area contributed by atoms with Gasteiger partial charge in [-0.05, 0) is 37.3 Å². The van der Waals surface area contributed by atoms with Crippen LogP contribution in [0.15, 0.2) is 41.5 Å². The van der Waals surface area contributed by atoms with Crippen molar-refractivity contribution in [3.8, 4) is 11.5 Å². The van der Waals surface area contributed by atoms with Crippen LogP contribution in [-0.2, 0) is 6.54 Å². The van der Waals surface area contributed by atoms with Crippen LogP contribution in [0.3, 0.4) is 0 Å². The number of methoxy groups -OCH3 is 2. The Balaban J connectivity index is 2.11. The second kappa shape index (κ2) is 8.09. The van der Waals surface area contributed by atoms with Crippen molar-refractivity contribution in [3.05, 3.63) is 57.6 Å². The SMILES string of the molecule is COc1ccc(/C(C)=N/NCc2c(Cl)cccc2Cl)cc1OC. The molecule has 122 valence electrons. The Morgan fingerprint density at radius 2 is 1.70 bits per heavy atom. The predicted molar refractivity (Wildman–Crippen MR) is 95.1 cm³/mol. The molecule has 0 heterocycles. The van der Waals surface area contributed by atoms with Crippen molar-refractivity contribution in [1.82, 2.24) is 5.43 Å². The number of hydrogen-bond acceptors (Lipinski definition) is 4. The Morgan fingerprint density at radius 3 is 2.30 bits per heavy atom. The van der Waals surface area contributed by atoms with Crippen molar-refractivity contribution in [2.24, 2.45) is 5.10 Å². The second-order valence-corrected chi connectivity index (χ2v) is 5.62. The fourth-order valence-electron chi connectivity index (χ4n) is 2.06. The van der Waals surface area contributed by atoms with E-state index in [4.69, 9.17) is 32.7 Å². The van der Waals surface area contributed by atoms with E-state index in [9.17, 15) is 0 Å². The van der Waals surface area contributed by atoms with Gasteiger partial charge >= 0.3 is 0 Å². The number of ether oxygens (including phenoxy) is 2. The van der Waals surface area contributed by atoms with Gasteiger partial charge in [0.15, 0.2) is 11.5 Å². The Morgan fingerprint density at radius 1 is 1.04 bits per heavy atom. The summed E-state index contributed by atoms with van der Waals surface area (Å²) in [6.07, 6.45) is 0. The fourth-order valence-corrected chi connectivity index (χ4v) is 2.60. The highest BCUT2D eigenvalue weighted by Gasteiger charge is 2.07. The maximum Gasteiger partial charge on any atom is 0.161 e. The number of rotatable bonds is 6. The minimum absolute atomic E-state index is 0.448. The molecule has 0 aliphatic heterocycles. The van der Waals surface area contributed by atoms with Gasteiger partial charge in [0.1, 0.15) is 0 Å². The molecule has 0 fully saturated rings. The van der Waals surface area contributed by atoms with E-state index in [1.165, 1.54) is 0 Å². The van der Waals surface area contributed by atoms with Gasteiger partial charge < -0.3 is 14.9 Å². The first kappa shape index (κ1) is 17.4. The summed E-state index contributed by atoms with van der Waals surface area (Å²) < 4.78 is 10.5. The molecule has 0 bridgehead atoms. The highest BCUT2D eigenvalue weighted by molar-refractivity contribution is 6.35. The van der Waals surface area contributed by atoms with E-state index in [0.29, 0.717) is 28.1 Å². The van der Waals surface area contributed by atoms with Crippen LogP contribution < -0.4 is 14.9 Å². The molecule has 6 heteroatoms. The molecule has 0 aromatic heterocycles. The second-order valence-electron chi connectivity index (χ2n) is 4.80. The van der Waals surface area contributed by atoms with Gasteiger partial charge in [0, 0.05) is 21.2 Å². The number of benzene rings is 2. The molecule has 23 heavy (non-hydrogen) atoms. The highest BCUT2D eigenvalue weighted by Crippen LogP contribution is 2.28. The molecule has 0 saturated carbocycles. The molecule has 2 aromatic rings. The average molecular weight is 353 g/mol. The monoisotopic (exact) mass is 352 g/mol. The lowest BCUT2D eigenvalue weighted by molar-refractivity contribution is 0.355. The van der Waals surface area contributed by atoms with Crippen molar-refractivity contribution in [1.29, 1.82) is 0 Å². The van der Waals surface area contributed by atoms with Crippen LogP contribution in [0.1, 0.15) is 18.1 Å². The van der Waals surface area contributed by atoms with Gasteiger partial charge in [0.2, 0.25) is 0 Å². The van der Waals surface area contributed by atoms with Gasteiger partial charge in [-0.25, -0.2) is 0 Å². The molecule has 4 nitrogen and oxygen atoms in total. The van der Waals surface area contributed by atoms with Crippen molar-refractivity contribution in [3.63, 3.8) is 0 Å². The van der Waals surface area contributed by atoms with Gasteiger partial charge in [-0.1, -0.05) is 29.3 Å². The van der Waals surface area contributed by atoms with Crippen LogP contribution in [-0.4, -0.2) is 19.9 Å². The minimum atomic E-state index is 0.448. The third kappa shape index (κ3) is 4.30. The van der Waals surface area contributed by atoms with E-state index in [2.05, 4.69) is 10.5 Å². The van der Waals surface area contributed by atoms with E-state index in [-0.39, 0.29) is 0 Å². The average Bonchev–Trinajstić information content (AvgIpc) is 2.56. The summed E-state index contributed by atoms with van der Waals surface area (Å²) in [6.45, 7) is 2.35. The molecule has 0 unspecified atom stereocenters. The summed E-state index contributed by atoms with van der Waals surface area (Å²) in [5.41, 5.74) is 5.56. The molecular formula is C17H18Cl2N2O2. The lowest BCUT2D eigenvalue weighted by Gasteiger charge is -2.10. The first-order chi connectivity index (χ1) is 11.1. The van der Waals surface area contributed by atoms with E-state index in [1.54, 1.807) is 26.4 Å². The van der Waals surface area contributed by atoms with Crippen LogP contribution in [0.25, 0.3) is 0 Å². The lowest BCUT2D eigenvalue weighted by Crippen LogP contribution is -2.10. The van der Waals surface area contributed by atoms with Crippen molar-refractivity contribution < 1.29 is 9.47 Å². The Bertz CT molecular complexity index is 697. The van der Waals surface area contributed by atoms with Crippen LogP contribution in [0, 0.1) is 0 Å². The molecule has 2 rings (SSSR count). The molecule has 0 amide bonds. The molecule has 2 aromatic carbocycles. The molecule has 0 atom stereocenters. The van der Waals surface area contributed by atoms with Gasteiger partial charge in [-0.2, -0.15) is 5.10 Å². The van der Waals surface area contributed by atoms with Gasteiger partial charge in [-0.3, -0.25) is 0 Å². The maximum absolute atomic E-state index is 6.13. The maximum atomic E-state index is 6.13. The van der Waals surface area contributed by atoms with Gasteiger partial charge in [-0.15, -0.1) is 0 Å².